The number of rotatable bonds is 2. The van der Waals surface area contributed by atoms with E-state index in [1.165, 1.54) is 0 Å². The second-order valence-corrected chi connectivity index (χ2v) is 9.05. The highest BCUT2D eigenvalue weighted by Crippen LogP contribution is 2.32. The number of halogens is 3. The molecule has 0 saturated carbocycles. The van der Waals surface area contributed by atoms with Crippen molar-refractivity contribution < 1.29 is 27.5 Å². The van der Waals surface area contributed by atoms with Crippen molar-refractivity contribution in [3.8, 4) is 16.9 Å². The fourth-order valence-corrected chi connectivity index (χ4v) is 4.34. The Morgan fingerprint density at radius 1 is 1.27 bits per heavy atom. The number of carbonyl (C=O) groups excluding carboxylic acids is 2. The van der Waals surface area contributed by atoms with E-state index < -0.39 is 36.5 Å². The molecular weight excluding hydrogens is 455 g/mol. The van der Waals surface area contributed by atoms with Gasteiger partial charge in [-0.15, -0.1) is 11.8 Å². The number of nitrogens with one attached hydrogen (secondary N) is 2. The molecular formula is C23H26F3N3O3S. The first kappa shape index (κ1) is 24.9. The van der Waals surface area contributed by atoms with Crippen LogP contribution in [0.4, 0.5) is 13.2 Å². The average molecular weight is 482 g/mol. The van der Waals surface area contributed by atoms with Crippen molar-refractivity contribution in [2.45, 2.75) is 55.8 Å². The zero-order valence-corrected chi connectivity index (χ0v) is 19.0. The number of ether oxygens (including phenoxy) is 1. The summed E-state index contributed by atoms with van der Waals surface area (Å²) in [5.41, 5.74) is 1.79. The van der Waals surface area contributed by atoms with Gasteiger partial charge in [-0.3, -0.25) is 14.6 Å². The summed E-state index contributed by atoms with van der Waals surface area (Å²) in [6, 6.07) is 8.07. The molecule has 10 heteroatoms. The van der Waals surface area contributed by atoms with Gasteiger partial charge in [0, 0.05) is 28.4 Å². The van der Waals surface area contributed by atoms with Crippen LogP contribution in [0.1, 0.15) is 32.6 Å². The van der Waals surface area contributed by atoms with Gasteiger partial charge < -0.3 is 15.4 Å². The SMILES string of the molecule is C[C@@H]1COc2ccccc2-c2cncc(c2)SCCCC[C@H](NC(=O)CC(F)(F)F)C(=O)N1. The van der Waals surface area contributed by atoms with E-state index in [2.05, 4.69) is 15.6 Å². The molecule has 1 aliphatic heterocycles. The van der Waals surface area contributed by atoms with Crippen LogP contribution in [-0.4, -0.2) is 47.4 Å². The number of para-hydroxylation sites is 1. The molecule has 2 amide bonds. The van der Waals surface area contributed by atoms with Crippen molar-refractivity contribution in [3.05, 3.63) is 42.7 Å². The monoisotopic (exact) mass is 481 g/mol. The fourth-order valence-electron chi connectivity index (χ4n) is 3.41. The Labute approximate surface area is 194 Å². The van der Waals surface area contributed by atoms with Crippen LogP contribution < -0.4 is 15.4 Å². The highest BCUT2D eigenvalue weighted by molar-refractivity contribution is 7.99. The number of aromatic nitrogens is 1. The van der Waals surface area contributed by atoms with Gasteiger partial charge in [0.15, 0.2) is 0 Å². The lowest BCUT2D eigenvalue weighted by Gasteiger charge is -2.22. The third-order valence-corrected chi connectivity index (χ3v) is 6.01. The van der Waals surface area contributed by atoms with Gasteiger partial charge >= 0.3 is 6.18 Å². The third kappa shape index (κ3) is 7.96. The predicted octanol–water partition coefficient (Wildman–Crippen LogP) is 4.35. The van der Waals surface area contributed by atoms with E-state index >= 15 is 0 Å². The van der Waals surface area contributed by atoms with Crippen LogP contribution in [0.25, 0.3) is 11.1 Å². The summed E-state index contributed by atoms with van der Waals surface area (Å²) in [6.07, 6.45) is -1.17. The van der Waals surface area contributed by atoms with Crippen molar-refractivity contribution in [3.63, 3.8) is 0 Å². The molecule has 0 spiro atoms. The molecule has 3 rings (SSSR count). The molecule has 1 aliphatic rings. The Hall–Kier alpha value is -2.75. The minimum absolute atomic E-state index is 0.147. The Bertz CT molecular complexity index is 971. The molecule has 2 N–H and O–H groups in total. The Morgan fingerprint density at radius 3 is 2.85 bits per heavy atom. The van der Waals surface area contributed by atoms with E-state index in [-0.39, 0.29) is 13.0 Å². The molecule has 2 aromatic rings. The molecule has 1 aromatic carbocycles. The zero-order valence-electron chi connectivity index (χ0n) is 18.2. The standard InChI is InChI=1S/C23H26F3N3O3S/c1-15-14-32-20-8-3-2-6-18(20)16-10-17(13-27-12-16)33-9-5-4-7-19(22(31)28-15)29-21(30)11-23(24,25)26/h2-3,6,8,10,12-13,15,19H,4-5,7,9,11,14H2,1H3,(H,28,31)(H,29,30)/t15-,19+/m1/s1. The largest absolute Gasteiger partial charge is 0.491 e. The summed E-state index contributed by atoms with van der Waals surface area (Å²) >= 11 is 1.60. The summed E-state index contributed by atoms with van der Waals surface area (Å²) < 4.78 is 43.6. The van der Waals surface area contributed by atoms with Gasteiger partial charge in [-0.05, 0) is 37.7 Å². The first-order valence-corrected chi connectivity index (χ1v) is 11.7. The van der Waals surface area contributed by atoms with E-state index in [0.29, 0.717) is 12.2 Å². The highest BCUT2D eigenvalue weighted by atomic mass is 32.2. The number of fused-ring (bicyclic) bond motifs is 4. The van der Waals surface area contributed by atoms with Crippen molar-refractivity contribution in [2.24, 2.45) is 0 Å². The summed E-state index contributed by atoms with van der Waals surface area (Å²) in [5.74, 6) is -0.370. The van der Waals surface area contributed by atoms with Crippen molar-refractivity contribution in [1.82, 2.24) is 15.6 Å². The molecule has 0 radical (unpaired) electrons. The number of alkyl halides is 3. The van der Waals surface area contributed by atoms with Gasteiger partial charge in [-0.25, -0.2) is 0 Å². The molecule has 2 heterocycles. The average Bonchev–Trinajstić information content (AvgIpc) is 2.75. The van der Waals surface area contributed by atoms with Gasteiger partial charge in [-0.1, -0.05) is 24.6 Å². The number of thioether (sulfide) groups is 1. The second kappa shape index (κ2) is 11.4. The first-order chi connectivity index (χ1) is 15.7. The molecule has 0 fully saturated rings. The molecule has 6 nitrogen and oxygen atoms in total. The lowest BCUT2D eigenvalue weighted by molar-refractivity contribution is -0.155. The van der Waals surface area contributed by atoms with Crippen molar-refractivity contribution in [2.75, 3.05) is 12.4 Å². The van der Waals surface area contributed by atoms with Gasteiger partial charge in [0.2, 0.25) is 11.8 Å². The van der Waals surface area contributed by atoms with E-state index in [1.807, 2.05) is 30.3 Å². The van der Waals surface area contributed by atoms with Crippen LogP contribution in [-0.2, 0) is 9.59 Å². The maximum absolute atomic E-state index is 12.7. The number of amides is 2. The molecule has 178 valence electrons. The minimum atomic E-state index is -4.63. The molecule has 0 unspecified atom stereocenters. The van der Waals surface area contributed by atoms with Gasteiger partial charge in [-0.2, -0.15) is 13.2 Å². The molecule has 33 heavy (non-hydrogen) atoms. The fraction of sp³-hybridized carbons (Fsp3) is 0.435. The molecule has 0 aliphatic carbocycles. The number of hydrogen-bond donors (Lipinski definition) is 2. The smallest absolute Gasteiger partial charge is 0.397 e. The summed E-state index contributed by atoms with van der Waals surface area (Å²) in [4.78, 5) is 29.8. The number of carbonyl (C=O) groups is 2. The topological polar surface area (TPSA) is 80.3 Å². The lowest BCUT2D eigenvalue weighted by atomic mass is 10.1. The van der Waals surface area contributed by atoms with Gasteiger partial charge in [0.25, 0.3) is 0 Å². The molecule has 2 atom stereocenters. The van der Waals surface area contributed by atoms with Crippen molar-refractivity contribution >= 4 is 23.6 Å². The number of pyridine rings is 1. The number of nitrogens with zero attached hydrogens (tertiary/aromatic N) is 1. The van der Waals surface area contributed by atoms with Crippen LogP contribution in [0.15, 0.2) is 47.6 Å². The van der Waals surface area contributed by atoms with Gasteiger partial charge in [0.05, 0.1) is 6.04 Å². The van der Waals surface area contributed by atoms with Crippen LogP contribution in [0.5, 0.6) is 5.75 Å². The third-order valence-electron chi connectivity index (χ3n) is 4.96. The normalized spacial score (nSPS) is 20.2. The second-order valence-electron chi connectivity index (χ2n) is 7.88. The van der Waals surface area contributed by atoms with E-state index in [0.717, 1.165) is 28.2 Å². The van der Waals surface area contributed by atoms with E-state index in [9.17, 15) is 22.8 Å². The van der Waals surface area contributed by atoms with Gasteiger partial charge in [0.1, 0.15) is 24.8 Å². The maximum atomic E-state index is 12.7. The zero-order chi connectivity index (χ0) is 23.8. The Morgan fingerprint density at radius 2 is 2.06 bits per heavy atom. The first-order valence-electron chi connectivity index (χ1n) is 10.7. The minimum Gasteiger partial charge on any atom is -0.491 e. The maximum Gasteiger partial charge on any atom is 0.397 e. The van der Waals surface area contributed by atoms with Crippen LogP contribution in [0, 0.1) is 0 Å². The predicted molar refractivity (Wildman–Crippen MR) is 120 cm³/mol. The molecule has 2 bridgehead atoms. The van der Waals surface area contributed by atoms with Crippen LogP contribution >= 0.6 is 11.8 Å². The number of hydrogen-bond acceptors (Lipinski definition) is 5. The van der Waals surface area contributed by atoms with Crippen LogP contribution in [0.2, 0.25) is 0 Å². The van der Waals surface area contributed by atoms with Crippen molar-refractivity contribution in [1.29, 1.82) is 0 Å². The summed E-state index contributed by atoms with van der Waals surface area (Å²) in [7, 11) is 0. The lowest BCUT2D eigenvalue weighted by Crippen LogP contribution is -2.50. The van der Waals surface area contributed by atoms with E-state index in [1.54, 1.807) is 31.1 Å². The Balaban J connectivity index is 1.77. The summed E-state index contributed by atoms with van der Waals surface area (Å²) in [6.45, 7) is 1.88. The number of benzene rings is 1. The summed E-state index contributed by atoms with van der Waals surface area (Å²) in [5, 5.41) is 4.98. The highest BCUT2D eigenvalue weighted by Gasteiger charge is 2.33. The molecule has 1 aromatic heterocycles. The Kier molecular flexibility index (Phi) is 8.60. The van der Waals surface area contributed by atoms with E-state index in [4.69, 9.17) is 4.74 Å². The molecule has 0 saturated heterocycles. The van der Waals surface area contributed by atoms with Crippen LogP contribution in [0.3, 0.4) is 0 Å². The quantitative estimate of drug-likeness (QED) is 0.667.